The van der Waals surface area contributed by atoms with Crippen LogP contribution < -0.4 is 5.73 Å². The number of anilines is 1. The summed E-state index contributed by atoms with van der Waals surface area (Å²) in [6.45, 7) is 2.66. The number of hydrogen-bond donors (Lipinski definition) is 1. The Balaban J connectivity index is 2.43. The zero-order valence-corrected chi connectivity index (χ0v) is 8.53. The van der Waals surface area contributed by atoms with Gasteiger partial charge in [0.15, 0.2) is 0 Å². The molecular weight excluding hydrogens is 188 g/mol. The maximum absolute atomic E-state index is 5.94. The summed E-state index contributed by atoms with van der Waals surface area (Å²) in [5.41, 5.74) is 9.15. The number of nitrogen functional groups attached to an aromatic ring is 1. The summed E-state index contributed by atoms with van der Waals surface area (Å²) in [7, 11) is 0. The molecule has 3 heteroatoms. The minimum Gasteiger partial charge on any atom is -0.383 e. The van der Waals surface area contributed by atoms with Crippen LogP contribution in [0.2, 0.25) is 0 Å². The van der Waals surface area contributed by atoms with E-state index in [1.165, 1.54) is 5.56 Å². The van der Waals surface area contributed by atoms with Gasteiger partial charge < -0.3 is 10.5 Å². The van der Waals surface area contributed by atoms with Gasteiger partial charge in [0.25, 0.3) is 0 Å². The molecule has 76 valence electrons. The minimum atomic E-state index is 0.0668. The van der Waals surface area contributed by atoms with Gasteiger partial charge in [0.2, 0.25) is 0 Å². The van der Waals surface area contributed by atoms with Crippen molar-refractivity contribution in [3.05, 3.63) is 35.4 Å². The predicted molar refractivity (Wildman–Crippen MR) is 59.4 cm³/mol. The van der Waals surface area contributed by atoms with Crippen LogP contribution in [0.15, 0.2) is 24.3 Å². The second kappa shape index (κ2) is 2.94. The maximum Gasteiger partial charge on any atom is 0.130 e. The topological polar surface area (TPSA) is 48.1 Å². The summed E-state index contributed by atoms with van der Waals surface area (Å²) < 4.78 is 5.59. The Morgan fingerprint density at radius 2 is 2.20 bits per heavy atom. The number of fused-ring (bicyclic) bond motifs is 3. The van der Waals surface area contributed by atoms with E-state index in [-0.39, 0.29) is 6.10 Å². The Kier molecular flexibility index (Phi) is 1.70. The number of rotatable bonds is 0. The van der Waals surface area contributed by atoms with Crippen molar-refractivity contribution in [2.45, 2.75) is 19.6 Å². The summed E-state index contributed by atoms with van der Waals surface area (Å²) in [5, 5.41) is 1.16. The lowest BCUT2D eigenvalue weighted by atomic mass is 10.0. The van der Waals surface area contributed by atoms with Crippen LogP contribution in [0.25, 0.3) is 10.9 Å². The van der Waals surface area contributed by atoms with Gasteiger partial charge in [0.1, 0.15) is 5.82 Å². The average Bonchev–Trinajstić information content (AvgIpc) is 2.62. The summed E-state index contributed by atoms with van der Waals surface area (Å²) in [5.74, 6) is 0.605. The average molecular weight is 200 g/mol. The van der Waals surface area contributed by atoms with Crippen molar-refractivity contribution in [2.24, 2.45) is 0 Å². The third-order valence-electron chi connectivity index (χ3n) is 2.96. The molecule has 0 spiro atoms. The molecule has 0 unspecified atom stereocenters. The Morgan fingerprint density at radius 1 is 1.40 bits per heavy atom. The quantitative estimate of drug-likeness (QED) is 0.710. The molecule has 1 aliphatic rings. The molecule has 0 saturated carbocycles. The summed E-state index contributed by atoms with van der Waals surface area (Å²) in [6, 6.07) is 8.04. The lowest BCUT2D eigenvalue weighted by molar-refractivity contribution is 0.0801. The first kappa shape index (κ1) is 8.68. The van der Waals surface area contributed by atoms with Crippen LogP contribution in [-0.2, 0) is 11.3 Å². The highest BCUT2D eigenvalue weighted by atomic mass is 16.5. The molecule has 0 saturated heterocycles. The van der Waals surface area contributed by atoms with E-state index < -0.39 is 0 Å². The number of benzene rings is 1. The number of para-hydroxylation sites is 1. The molecule has 0 bridgehead atoms. The van der Waals surface area contributed by atoms with Gasteiger partial charge in [-0.25, -0.2) is 4.98 Å². The van der Waals surface area contributed by atoms with Crippen LogP contribution in [0.5, 0.6) is 0 Å². The van der Waals surface area contributed by atoms with Gasteiger partial charge in [-0.3, -0.25) is 0 Å². The maximum atomic E-state index is 5.94. The monoisotopic (exact) mass is 200 g/mol. The first-order valence-corrected chi connectivity index (χ1v) is 5.06. The Morgan fingerprint density at radius 3 is 3.07 bits per heavy atom. The fourth-order valence-corrected chi connectivity index (χ4v) is 2.22. The molecule has 0 aliphatic carbocycles. The molecular formula is C12H12N2O. The van der Waals surface area contributed by atoms with Gasteiger partial charge in [-0.05, 0) is 18.6 Å². The van der Waals surface area contributed by atoms with E-state index in [9.17, 15) is 0 Å². The van der Waals surface area contributed by atoms with E-state index >= 15 is 0 Å². The molecule has 0 amide bonds. The molecule has 3 rings (SSSR count). The fourth-order valence-electron chi connectivity index (χ4n) is 2.22. The first-order chi connectivity index (χ1) is 7.27. The lowest BCUT2D eigenvalue weighted by Crippen LogP contribution is -2.00. The van der Waals surface area contributed by atoms with Gasteiger partial charge >= 0.3 is 0 Å². The molecule has 1 aromatic heterocycles. The smallest absolute Gasteiger partial charge is 0.130 e. The number of hydrogen-bond acceptors (Lipinski definition) is 3. The first-order valence-electron chi connectivity index (χ1n) is 5.06. The van der Waals surface area contributed by atoms with Crippen LogP contribution in [0.3, 0.4) is 0 Å². The molecule has 2 heterocycles. The van der Waals surface area contributed by atoms with Crippen molar-refractivity contribution >= 4 is 16.7 Å². The van der Waals surface area contributed by atoms with Crippen LogP contribution in [0, 0.1) is 0 Å². The summed E-state index contributed by atoms with van der Waals surface area (Å²) in [4.78, 5) is 4.40. The summed E-state index contributed by atoms with van der Waals surface area (Å²) in [6.07, 6.45) is 0.0668. The molecule has 3 nitrogen and oxygen atoms in total. The molecule has 0 fully saturated rings. The Labute approximate surface area is 87.9 Å². The van der Waals surface area contributed by atoms with Gasteiger partial charge in [-0.1, -0.05) is 18.2 Å². The highest BCUT2D eigenvalue weighted by molar-refractivity contribution is 5.86. The molecule has 1 atom stereocenters. The molecule has 2 N–H and O–H groups in total. The second-order valence-electron chi connectivity index (χ2n) is 3.86. The predicted octanol–water partition coefficient (Wildman–Crippen LogP) is 2.41. The van der Waals surface area contributed by atoms with Crippen molar-refractivity contribution in [1.29, 1.82) is 0 Å². The van der Waals surface area contributed by atoms with Gasteiger partial charge in [0.05, 0.1) is 18.2 Å². The standard InChI is InChI=1S/C12H12N2O/c1-7-11-9(6-15-7)8-4-2-3-5-10(8)14-12(11)13/h2-5,7H,6H2,1H3,(H2,13,14)/t7-/m1/s1. The molecule has 1 aliphatic heterocycles. The van der Waals surface area contributed by atoms with Crippen molar-refractivity contribution in [1.82, 2.24) is 4.98 Å². The second-order valence-corrected chi connectivity index (χ2v) is 3.86. The lowest BCUT2D eigenvalue weighted by Gasteiger charge is -2.08. The molecule has 1 aromatic carbocycles. The highest BCUT2D eigenvalue weighted by Crippen LogP contribution is 2.37. The highest BCUT2D eigenvalue weighted by Gasteiger charge is 2.24. The Bertz CT molecular complexity index is 536. The largest absolute Gasteiger partial charge is 0.383 e. The van der Waals surface area contributed by atoms with Gasteiger partial charge in [-0.15, -0.1) is 0 Å². The number of pyridine rings is 1. The van der Waals surface area contributed by atoms with Crippen LogP contribution in [0.4, 0.5) is 5.82 Å². The zero-order valence-electron chi connectivity index (χ0n) is 8.53. The molecule has 0 radical (unpaired) electrons. The summed E-state index contributed by atoms with van der Waals surface area (Å²) >= 11 is 0. The van der Waals surface area contributed by atoms with E-state index in [4.69, 9.17) is 10.5 Å². The van der Waals surface area contributed by atoms with Crippen LogP contribution in [-0.4, -0.2) is 4.98 Å². The minimum absolute atomic E-state index is 0.0668. The molecule has 15 heavy (non-hydrogen) atoms. The fraction of sp³-hybridized carbons (Fsp3) is 0.250. The van der Waals surface area contributed by atoms with E-state index in [1.807, 2.05) is 25.1 Å². The number of nitrogens with zero attached hydrogens (tertiary/aromatic N) is 1. The van der Waals surface area contributed by atoms with Crippen LogP contribution in [0.1, 0.15) is 24.2 Å². The number of nitrogens with two attached hydrogens (primary N) is 1. The van der Waals surface area contributed by atoms with E-state index in [0.717, 1.165) is 16.5 Å². The number of aromatic nitrogens is 1. The number of ether oxygens (including phenoxy) is 1. The van der Waals surface area contributed by atoms with Crippen molar-refractivity contribution < 1.29 is 4.74 Å². The Hall–Kier alpha value is -1.61. The van der Waals surface area contributed by atoms with E-state index in [0.29, 0.717) is 12.4 Å². The van der Waals surface area contributed by atoms with Gasteiger partial charge in [-0.2, -0.15) is 0 Å². The zero-order chi connectivity index (χ0) is 10.4. The van der Waals surface area contributed by atoms with Gasteiger partial charge in [0, 0.05) is 10.9 Å². The van der Waals surface area contributed by atoms with Crippen molar-refractivity contribution in [2.75, 3.05) is 5.73 Å². The van der Waals surface area contributed by atoms with E-state index in [1.54, 1.807) is 0 Å². The SMILES string of the molecule is C[C@H]1OCc2c1c(N)nc1ccccc21. The third kappa shape index (κ3) is 1.13. The van der Waals surface area contributed by atoms with Crippen molar-refractivity contribution in [3.63, 3.8) is 0 Å². The van der Waals surface area contributed by atoms with Crippen molar-refractivity contribution in [3.8, 4) is 0 Å². The third-order valence-corrected chi connectivity index (χ3v) is 2.96. The van der Waals surface area contributed by atoms with Crippen LogP contribution >= 0.6 is 0 Å². The normalized spacial score (nSPS) is 19.4. The molecule has 2 aromatic rings. The van der Waals surface area contributed by atoms with E-state index in [2.05, 4.69) is 11.1 Å².